The van der Waals surface area contributed by atoms with Gasteiger partial charge in [0.25, 0.3) is 15.7 Å². The SMILES string of the molecule is COc1cc(F)c(O[C@H]2CC[C@](C)(C(=O)O)CC2)cc1C(=O)NC1[C@H]2CC[C@H](C2)[C@@H]1C(=O)Nc1cccc(S(=O)(=O)C(F)(F)F)c1. The lowest BCUT2D eigenvalue weighted by atomic mass is 9.75. The molecule has 46 heavy (non-hydrogen) atoms. The molecule has 0 aromatic heterocycles. The van der Waals surface area contributed by atoms with E-state index in [4.69, 9.17) is 9.47 Å². The molecule has 3 fully saturated rings. The van der Waals surface area contributed by atoms with Gasteiger partial charge in [0.2, 0.25) is 5.91 Å². The maximum Gasteiger partial charge on any atom is 0.501 e. The fraction of sp³-hybridized carbons (Fsp3) is 0.516. The number of halogens is 4. The number of carbonyl (C=O) groups is 3. The van der Waals surface area contributed by atoms with Crippen LogP contribution in [0.2, 0.25) is 0 Å². The molecule has 3 N–H and O–H groups in total. The number of nitrogens with one attached hydrogen (secondary N) is 2. The summed E-state index contributed by atoms with van der Waals surface area (Å²) in [6.45, 7) is 1.65. The van der Waals surface area contributed by atoms with Crippen LogP contribution < -0.4 is 20.1 Å². The van der Waals surface area contributed by atoms with Crippen molar-refractivity contribution in [2.75, 3.05) is 12.4 Å². The van der Waals surface area contributed by atoms with Gasteiger partial charge in [-0.3, -0.25) is 14.4 Å². The Morgan fingerprint density at radius 3 is 2.30 bits per heavy atom. The summed E-state index contributed by atoms with van der Waals surface area (Å²) in [5, 5.41) is 14.9. The maximum absolute atomic E-state index is 15.0. The number of ether oxygens (including phenoxy) is 2. The lowest BCUT2D eigenvalue weighted by molar-refractivity contribution is -0.150. The van der Waals surface area contributed by atoms with E-state index in [0.29, 0.717) is 38.5 Å². The summed E-state index contributed by atoms with van der Waals surface area (Å²) in [6.07, 6.45) is 3.02. The first-order valence-electron chi connectivity index (χ1n) is 14.8. The Bertz CT molecular complexity index is 1640. The summed E-state index contributed by atoms with van der Waals surface area (Å²) < 4.78 is 89.1. The fourth-order valence-electron chi connectivity index (χ4n) is 6.92. The third-order valence-corrected chi connectivity index (χ3v) is 11.1. The number of carbonyl (C=O) groups excluding carboxylic acids is 2. The number of carboxylic acids is 1. The number of amides is 2. The minimum Gasteiger partial charge on any atom is -0.496 e. The Hall–Kier alpha value is -3.88. The standard InChI is InChI=1S/C31H34F4N2O8S/c1-30(29(40)41)10-8-19(9-11-30)45-24-14-21(23(44-2)15-22(24)32)27(38)37-26-17-7-6-16(12-17)25(26)28(39)36-18-4-3-5-20(13-18)46(42,43)31(33,34)35/h3-5,13-17,19,25-26H,6-12H2,1-2H3,(H,36,39)(H,37,38)(H,40,41)/t16-,17+,19-,25+,26?,30-/m1/s1. The molecule has 0 saturated heterocycles. The van der Waals surface area contributed by atoms with Gasteiger partial charge < -0.3 is 25.2 Å². The number of benzene rings is 2. The second kappa shape index (κ2) is 12.4. The normalized spacial score (nSPS) is 27.6. The van der Waals surface area contributed by atoms with Gasteiger partial charge in [-0.25, -0.2) is 12.8 Å². The molecule has 3 aliphatic carbocycles. The highest BCUT2D eigenvalue weighted by molar-refractivity contribution is 7.92. The van der Waals surface area contributed by atoms with Crippen LogP contribution in [0, 0.1) is 29.0 Å². The van der Waals surface area contributed by atoms with E-state index in [1.807, 2.05) is 0 Å². The Morgan fingerprint density at radius 2 is 1.67 bits per heavy atom. The van der Waals surface area contributed by atoms with E-state index in [2.05, 4.69) is 10.6 Å². The van der Waals surface area contributed by atoms with Crippen LogP contribution in [-0.2, 0) is 19.4 Å². The van der Waals surface area contributed by atoms with Crippen molar-refractivity contribution in [3.05, 3.63) is 47.8 Å². The van der Waals surface area contributed by atoms with Crippen LogP contribution >= 0.6 is 0 Å². The first-order chi connectivity index (χ1) is 21.5. The maximum atomic E-state index is 15.0. The van der Waals surface area contributed by atoms with Crippen LogP contribution in [0.5, 0.6) is 11.5 Å². The first kappa shape index (κ1) is 33.5. The van der Waals surface area contributed by atoms with Crippen molar-refractivity contribution < 1.29 is 54.9 Å². The van der Waals surface area contributed by atoms with E-state index in [0.717, 1.165) is 30.7 Å². The number of hydrogen-bond donors (Lipinski definition) is 3. The lowest BCUT2D eigenvalue weighted by Crippen LogP contribution is -2.48. The van der Waals surface area contributed by atoms with Crippen LogP contribution in [0.25, 0.3) is 0 Å². The molecule has 0 heterocycles. The molecule has 0 radical (unpaired) electrons. The van der Waals surface area contributed by atoms with Crippen molar-refractivity contribution in [2.24, 2.45) is 23.2 Å². The summed E-state index contributed by atoms with van der Waals surface area (Å²) >= 11 is 0. The molecule has 3 saturated carbocycles. The van der Waals surface area contributed by atoms with Crippen LogP contribution in [0.1, 0.15) is 62.2 Å². The zero-order valence-corrected chi connectivity index (χ0v) is 25.8. The molecule has 0 aliphatic heterocycles. The van der Waals surface area contributed by atoms with Crippen LogP contribution in [-0.4, -0.2) is 56.1 Å². The first-order valence-corrected chi connectivity index (χ1v) is 16.3. The highest BCUT2D eigenvalue weighted by Crippen LogP contribution is 2.49. The Kier molecular flexibility index (Phi) is 9.01. The average Bonchev–Trinajstić information content (AvgIpc) is 3.60. The topological polar surface area (TPSA) is 148 Å². The molecular formula is C31H34F4N2O8S. The summed E-state index contributed by atoms with van der Waals surface area (Å²) in [6, 6.07) is 5.44. The molecule has 0 spiro atoms. The second-order valence-electron chi connectivity index (χ2n) is 12.5. The molecular weight excluding hydrogens is 636 g/mol. The van der Waals surface area contributed by atoms with Crippen molar-refractivity contribution in [3.8, 4) is 11.5 Å². The Balaban J connectivity index is 1.32. The highest BCUT2D eigenvalue weighted by Gasteiger charge is 2.52. The molecule has 2 bridgehead atoms. The molecule has 10 nitrogen and oxygen atoms in total. The minimum atomic E-state index is -5.63. The van der Waals surface area contributed by atoms with E-state index in [9.17, 15) is 41.1 Å². The number of aliphatic carboxylic acids is 1. The number of fused-ring (bicyclic) bond motifs is 2. The van der Waals surface area contributed by atoms with Crippen molar-refractivity contribution in [3.63, 3.8) is 0 Å². The van der Waals surface area contributed by atoms with E-state index in [-0.39, 0.29) is 34.6 Å². The summed E-state index contributed by atoms with van der Waals surface area (Å²) in [5.41, 5.74) is -6.59. The van der Waals surface area contributed by atoms with E-state index < -0.39 is 67.3 Å². The van der Waals surface area contributed by atoms with Crippen LogP contribution in [0.3, 0.4) is 0 Å². The Labute approximate surface area is 262 Å². The van der Waals surface area contributed by atoms with Crippen LogP contribution in [0.15, 0.2) is 41.3 Å². The number of sulfone groups is 1. The van der Waals surface area contributed by atoms with Gasteiger partial charge in [-0.15, -0.1) is 0 Å². The van der Waals surface area contributed by atoms with E-state index >= 15 is 4.39 Å². The third-order valence-electron chi connectivity index (χ3n) is 9.58. The van der Waals surface area contributed by atoms with E-state index in [1.54, 1.807) is 6.92 Å². The van der Waals surface area contributed by atoms with Crippen molar-refractivity contribution in [2.45, 2.75) is 74.4 Å². The molecule has 5 rings (SSSR count). The molecule has 250 valence electrons. The zero-order chi connectivity index (χ0) is 33.6. The largest absolute Gasteiger partial charge is 0.501 e. The number of methoxy groups -OCH3 is 1. The van der Waals surface area contributed by atoms with Gasteiger partial charge >= 0.3 is 11.5 Å². The number of rotatable bonds is 9. The minimum absolute atomic E-state index is 0.0444. The zero-order valence-electron chi connectivity index (χ0n) is 25.0. The fourth-order valence-corrected chi connectivity index (χ4v) is 7.72. The lowest BCUT2D eigenvalue weighted by Gasteiger charge is -2.34. The van der Waals surface area contributed by atoms with Crippen molar-refractivity contribution in [1.82, 2.24) is 5.32 Å². The molecule has 4 atom stereocenters. The highest BCUT2D eigenvalue weighted by atomic mass is 32.2. The number of carboxylic acid groups (broad SMARTS) is 1. The summed E-state index contributed by atoms with van der Waals surface area (Å²) in [4.78, 5) is 37.6. The van der Waals surface area contributed by atoms with Gasteiger partial charge in [0.1, 0.15) is 5.75 Å². The predicted octanol–water partition coefficient (Wildman–Crippen LogP) is 5.32. The number of hydrogen-bond acceptors (Lipinski definition) is 7. The van der Waals surface area contributed by atoms with Gasteiger partial charge in [0, 0.05) is 17.8 Å². The monoisotopic (exact) mass is 670 g/mol. The van der Waals surface area contributed by atoms with Crippen molar-refractivity contribution >= 4 is 33.3 Å². The van der Waals surface area contributed by atoms with Gasteiger partial charge in [0.15, 0.2) is 11.6 Å². The average molecular weight is 671 g/mol. The molecule has 2 amide bonds. The quantitative estimate of drug-likeness (QED) is 0.304. The molecule has 3 aliphatic rings. The molecule has 1 unspecified atom stereocenters. The van der Waals surface area contributed by atoms with Crippen LogP contribution in [0.4, 0.5) is 23.2 Å². The molecule has 2 aromatic rings. The van der Waals surface area contributed by atoms with Gasteiger partial charge in [-0.2, -0.15) is 13.2 Å². The van der Waals surface area contributed by atoms with Gasteiger partial charge in [-0.05, 0) is 88.0 Å². The van der Waals surface area contributed by atoms with Gasteiger partial charge in [0.05, 0.1) is 35.0 Å². The summed E-state index contributed by atoms with van der Waals surface area (Å²) in [7, 11) is -4.37. The van der Waals surface area contributed by atoms with E-state index in [1.165, 1.54) is 19.2 Å². The van der Waals surface area contributed by atoms with Gasteiger partial charge in [-0.1, -0.05) is 6.07 Å². The predicted molar refractivity (Wildman–Crippen MR) is 155 cm³/mol. The van der Waals surface area contributed by atoms with Crippen molar-refractivity contribution in [1.29, 1.82) is 0 Å². The third kappa shape index (κ3) is 6.38. The summed E-state index contributed by atoms with van der Waals surface area (Å²) in [5.74, 6) is -4.16. The smallest absolute Gasteiger partial charge is 0.496 e. The Morgan fingerprint density at radius 1 is 1.00 bits per heavy atom. The number of anilines is 1. The second-order valence-corrected chi connectivity index (χ2v) is 14.4. The molecule has 2 aromatic carbocycles. The molecule has 15 heteroatoms. The number of alkyl halides is 3.